The minimum absolute atomic E-state index is 0.0255. The molecular formula is C20H24FN10O8PS2. The van der Waals surface area contributed by atoms with Crippen LogP contribution in [0, 0.1) is 0 Å². The average Bonchev–Trinajstić information content (AvgIpc) is 3.70. The van der Waals surface area contributed by atoms with Crippen LogP contribution in [0.2, 0.25) is 0 Å². The van der Waals surface area contributed by atoms with E-state index in [0.29, 0.717) is 0 Å². The SMILES string of the molecule is Nc1nc2c(ncn2[C@@H]2S[C@H](CO)[C@@H](O)C2OP(O)(=S)OC[C@H]2OCC(F)(n3cnc4c(N)ncnc43)[C@@H]2O)c(=O)[nH]1. The molecule has 0 spiro atoms. The minimum Gasteiger partial charge on any atom is -0.395 e. The first kappa shape index (κ1) is 29.2. The minimum atomic E-state index is -4.20. The quantitative estimate of drug-likeness (QED) is 0.103. The smallest absolute Gasteiger partial charge is 0.325 e. The summed E-state index contributed by atoms with van der Waals surface area (Å²) in [6.07, 6.45) is -2.23. The highest BCUT2D eigenvalue weighted by molar-refractivity contribution is 8.07. The Balaban J connectivity index is 1.19. The van der Waals surface area contributed by atoms with Gasteiger partial charge in [-0.3, -0.25) is 23.4 Å². The molecular weight excluding hydrogens is 622 g/mol. The fraction of sp³-hybridized carbons (Fsp3) is 0.500. The van der Waals surface area contributed by atoms with Crippen LogP contribution in [0.4, 0.5) is 16.2 Å². The zero-order valence-electron chi connectivity index (χ0n) is 21.2. The van der Waals surface area contributed by atoms with Gasteiger partial charge in [-0.15, -0.1) is 11.8 Å². The standard InChI is InChI=1S/C20H24FN10O8PS2/c21-20(31-6-27-9-14(22)24-4-25-15(9)31)3-37-7(13(20)34)2-38-40(36,41)39-12-11(33)8(1-32)42-18(12)30-5-26-10-16(30)28-19(23)29-17(10)35/h4-8,11-13,18,32-34H,1-3H2,(H,36,41)(H2,22,24,25)(H3,23,28,29,35)/t7-,8-,11-,12?,13-,18-,20?,40?/m1/s1. The molecule has 0 amide bonds. The number of rotatable bonds is 8. The van der Waals surface area contributed by atoms with Crippen LogP contribution >= 0.6 is 18.5 Å². The summed E-state index contributed by atoms with van der Waals surface area (Å²) in [5, 5.41) is 29.8. The molecule has 226 valence electrons. The normalized spacial score (nSPS) is 31.3. The predicted molar refractivity (Wildman–Crippen MR) is 148 cm³/mol. The number of H-pyrrole nitrogens is 1. The number of halogens is 1. The fourth-order valence-corrected chi connectivity index (χ4v) is 7.77. The van der Waals surface area contributed by atoms with Crippen LogP contribution < -0.4 is 17.0 Å². The number of imidazole rings is 2. The molecule has 4 aromatic heterocycles. The van der Waals surface area contributed by atoms with Crippen molar-refractivity contribution in [2.45, 2.75) is 40.8 Å². The van der Waals surface area contributed by atoms with Gasteiger partial charge in [-0.25, -0.2) is 24.3 Å². The molecule has 9 N–H and O–H groups in total. The van der Waals surface area contributed by atoms with E-state index in [4.69, 9.17) is 37.1 Å². The van der Waals surface area contributed by atoms with Gasteiger partial charge in [0.1, 0.15) is 42.1 Å². The van der Waals surface area contributed by atoms with Gasteiger partial charge in [-0.05, 0) is 11.8 Å². The molecule has 18 nitrogen and oxygen atoms in total. The van der Waals surface area contributed by atoms with Crippen LogP contribution in [0.25, 0.3) is 22.3 Å². The zero-order valence-corrected chi connectivity index (χ0v) is 23.7. The lowest BCUT2D eigenvalue weighted by molar-refractivity contribution is -0.0470. The highest BCUT2D eigenvalue weighted by Gasteiger charge is 2.53. The maximum absolute atomic E-state index is 16.0. The van der Waals surface area contributed by atoms with Crippen molar-refractivity contribution in [3.8, 4) is 0 Å². The molecule has 6 heterocycles. The molecule has 2 aliphatic heterocycles. The number of aliphatic hydroxyl groups excluding tert-OH is 3. The van der Waals surface area contributed by atoms with Gasteiger partial charge >= 0.3 is 6.72 Å². The summed E-state index contributed by atoms with van der Waals surface area (Å²) in [6.45, 7) is -5.86. The average molecular weight is 647 g/mol. The number of aromatic nitrogens is 8. The van der Waals surface area contributed by atoms with Gasteiger partial charge in [0, 0.05) is 0 Å². The molecule has 8 atom stereocenters. The van der Waals surface area contributed by atoms with Crippen LogP contribution in [0.15, 0.2) is 23.8 Å². The molecule has 3 unspecified atom stereocenters. The largest absolute Gasteiger partial charge is 0.395 e. The molecule has 0 bridgehead atoms. The number of aliphatic hydroxyl groups is 3. The Hall–Kier alpha value is -2.85. The number of thioether (sulfide) groups is 1. The van der Waals surface area contributed by atoms with E-state index in [1.54, 1.807) is 0 Å². The first-order valence-corrected chi connectivity index (χ1v) is 15.7. The number of nitrogens with one attached hydrogen (secondary N) is 1. The molecule has 4 aromatic rings. The lowest BCUT2D eigenvalue weighted by Crippen LogP contribution is -2.43. The molecule has 0 saturated carbocycles. The van der Waals surface area contributed by atoms with Crippen LogP contribution in [0.3, 0.4) is 0 Å². The zero-order chi connectivity index (χ0) is 30.0. The van der Waals surface area contributed by atoms with Gasteiger partial charge in [-0.1, -0.05) is 0 Å². The number of nitrogens with two attached hydrogens (primary N) is 2. The highest BCUT2D eigenvalue weighted by Crippen LogP contribution is 2.54. The van der Waals surface area contributed by atoms with Crippen molar-refractivity contribution < 1.29 is 38.4 Å². The number of fused-ring (bicyclic) bond motifs is 2. The Bertz CT molecular complexity index is 1760. The summed E-state index contributed by atoms with van der Waals surface area (Å²) in [6, 6.07) is 0. The van der Waals surface area contributed by atoms with E-state index >= 15 is 4.39 Å². The summed E-state index contributed by atoms with van der Waals surface area (Å²) in [4.78, 5) is 45.4. The second-order valence-electron chi connectivity index (χ2n) is 9.51. The summed E-state index contributed by atoms with van der Waals surface area (Å²) in [7, 11) is 0. The van der Waals surface area contributed by atoms with Gasteiger partial charge in [0.2, 0.25) is 11.7 Å². The number of hydrogen-bond donors (Lipinski definition) is 7. The van der Waals surface area contributed by atoms with Gasteiger partial charge < -0.3 is 40.9 Å². The fourth-order valence-electron chi connectivity index (χ4n) is 4.85. The number of nitrogens with zero attached hydrogens (tertiary/aromatic N) is 7. The molecule has 42 heavy (non-hydrogen) atoms. The second kappa shape index (κ2) is 10.7. The summed E-state index contributed by atoms with van der Waals surface area (Å²) in [5.74, 6) is -2.67. The maximum atomic E-state index is 16.0. The Morgan fingerprint density at radius 1 is 1.24 bits per heavy atom. The molecule has 6 rings (SSSR count). The Kier molecular flexibility index (Phi) is 7.45. The van der Waals surface area contributed by atoms with Crippen molar-refractivity contribution in [2.24, 2.45) is 0 Å². The highest BCUT2D eigenvalue weighted by atomic mass is 32.5. The van der Waals surface area contributed by atoms with Crippen molar-refractivity contribution in [3.63, 3.8) is 0 Å². The monoisotopic (exact) mass is 646 g/mol. The first-order chi connectivity index (χ1) is 19.9. The summed E-state index contributed by atoms with van der Waals surface area (Å²) < 4.78 is 34.9. The third-order valence-corrected chi connectivity index (χ3v) is 10.1. The van der Waals surface area contributed by atoms with E-state index in [-0.39, 0.29) is 34.1 Å². The van der Waals surface area contributed by atoms with E-state index < -0.39 is 72.9 Å². The topological polar surface area (TPSA) is 268 Å². The van der Waals surface area contributed by atoms with Crippen LogP contribution in [-0.4, -0.2) is 109 Å². The van der Waals surface area contributed by atoms with Crippen LogP contribution in [0.1, 0.15) is 5.37 Å². The van der Waals surface area contributed by atoms with Crippen molar-refractivity contribution in [1.82, 2.24) is 39.0 Å². The van der Waals surface area contributed by atoms with Gasteiger partial charge in [0.25, 0.3) is 5.56 Å². The number of aromatic amines is 1. The number of nitrogen functional groups attached to an aromatic ring is 2. The number of alkyl halides is 1. The number of hydrogen-bond acceptors (Lipinski definition) is 16. The van der Waals surface area contributed by atoms with Crippen molar-refractivity contribution in [3.05, 3.63) is 29.3 Å². The molecule has 2 aliphatic rings. The molecule has 2 fully saturated rings. The van der Waals surface area contributed by atoms with E-state index in [1.807, 2.05) is 0 Å². The van der Waals surface area contributed by atoms with Crippen LogP contribution in [0.5, 0.6) is 0 Å². The van der Waals surface area contributed by atoms with Crippen LogP contribution in [-0.2, 0) is 31.4 Å². The predicted octanol–water partition coefficient (Wildman–Crippen LogP) is -1.91. The lowest BCUT2D eigenvalue weighted by Gasteiger charge is -2.28. The molecule has 0 aromatic carbocycles. The van der Waals surface area contributed by atoms with E-state index in [1.165, 1.54) is 10.9 Å². The van der Waals surface area contributed by atoms with Crippen molar-refractivity contribution in [2.75, 3.05) is 31.3 Å². The Labute approximate surface area is 243 Å². The molecule has 0 aliphatic carbocycles. The third-order valence-electron chi connectivity index (χ3n) is 6.94. The Morgan fingerprint density at radius 2 is 2.00 bits per heavy atom. The third kappa shape index (κ3) is 4.84. The van der Waals surface area contributed by atoms with E-state index in [2.05, 4.69) is 29.9 Å². The van der Waals surface area contributed by atoms with E-state index in [0.717, 1.165) is 29.0 Å². The Morgan fingerprint density at radius 3 is 2.76 bits per heavy atom. The molecule has 2 saturated heterocycles. The van der Waals surface area contributed by atoms with Gasteiger partial charge in [0.15, 0.2) is 22.6 Å². The number of ether oxygens (including phenoxy) is 1. The molecule has 0 radical (unpaired) electrons. The second-order valence-corrected chi connectivity index (χ2v) is 13.7. The molecule has 22 heteroatoms. The summed E-state index contributed by atoms with van der Waals surface area (Å²) >= 11 is 6.23. The maximum Gasteiger partial charge on any atom is 0.325 e. The first-order valence-electron chi connectivity index (χ1n) is 12.2. The lowest BCUT2D eigenvalue weighted by atomic mass is 10.1. The van der Waals surface area contributed by atoms with E-state index in [9.17, 15) is 25.0 Å². The summed E-state index contributed by atoms with van der Waals surface area (Å²) in [5.41, 5.74) is 11.1. The number of anilines is 2. The van der Waals surface area contributed by atoms with Crippen molar-refractivity contribution in [1.29, 1.82) is 0 Å². The van der Waals surface area contributed by atoms with Crippen molar-refractivity contribution >= 4 is 64.4 Å². The van der Waals surface area contributed by atoms with Gasteiger partial charge in [0.05, 0.1) is 37.2 Å². The van der Waals surface area contributed by atoms with Gasteiger partial charge in [-0.2, -0.15) is 4.98 Å².